The van der Waals surface area contributed by atoms with Gasteiger partial charge >= 0.3 is 0 Å². The number of ketones is 1. The van der Waals surface area contributed by atoms with Crippen molar-refractivity contribution in [2.75, 3.05) is 7.11 Å². The maximum absolute atomic E-state index is 12.9. The zero-order valence-electron chi connectivity index (χ0n) is 19.6. The third kappa shape index (κ3) is 4.96. The van der Waals surface area contributed by atoms with Crippen molar-refractivity contribution < 1.29 is 9.53 Å². The molecule has 0 radical (unpaired) electrons. The van der Waals surface area contributed by atoms with E-state index in [2.05, 4.69) is 4.98 Å². The fourth-order valence-corrected chi connectivity index (χ4v) is 4.20. The Hall–Kier alpha value is -4.32. The zero-order valence-corrected chi connectivity index (χ0v) is 19.6. The number of nitrogens with zero attached hydrogens (tertiary/aromatic N) is 4. The van der Waals surface area contributed by atoms with Crippen LogP contribution in [0.1, 0.15) is 29.6 Å². The summed E-state index contributed by atoms with van der Waals surface area (Å²) in [7, 11) is 1.66. The van der Waals surface area contributed by atoms with E-state index in [1.807, 2.05) is 83.6 Å². The Labute approximate surface area is 204 Å². The van der Waals surface area contributed by atoms with E-state index in [1.165, 1.54) is 0 Å². The Morgan fingerprint density at radius 2 is 1.69 bits per heavy atom. The number of imidazole rings is 1. The van der Waals surface area contributed by atoms with Crippen LogP contribution >= 0.6 is 0 Å². The number of methoxy groups -OCH3 is 1. The lowest BCUT2D eigenvalue weighted by molar-refractivity contribution is 0.0979. The predicted molar refractivity (Wildman–Crippen MR) is 137 cm³/mol. The summed E-state index contributed by atoms with van der Waals surface area (Å²) in [6.45, 7) is 0.864. The lowest BCUT2D eigenvalue weighted by atomic mass is 10.0. The zero-order chi connectivity index (χ0) is 24.0. The van der Waals surface area contributed by atoms with Gasteiger partial charge in [0.2, 0.25) is 0 Å². The number of carbonyl (C=O) groups excluding carboxylic acids is 1. The Balaban J connectivity index is 1.47. The van der Waals surface area contributed by atoms with Crippen LogP contribution in [0, 0.1) is 0 Å². The number of hydrogen-bond acceptors (Lipinski definition) is 5. The number of benzene rings is 3. The summed E-state index contributed by atoms with van der Waals surface area (Å²) in [5.74, 6) is 0.857. The second kappa shape index (κ2) is 10.3. The first-order valence-electron chi connectivity index (χ1n) is 11.7. The normalized spacial score (nSPS) is 11.0. The molecule has 0 spiro atoms. The first-order valence-corrected chi connectivity index (χ1v) is 11.7. The Morgan fingerprint density at radius 3 is 2.49 bits per heavy atom. The molecule has 0 atom stereocenters. The summed E-state index contributed by atoms with van der Waals surface area (Å²) in [6.07, 6.45) is 7.75. The van der Waals surface area contributed by atoms with Crippen molar-refractivity contribution in [2.24, 2.45) is 0 Å². The minimum atomic E-state index is 0.120. The number of hydrogen-bond donors (Lipinski definition) is 0. The molecule has 3 aromatic carbocycles. The summed E-state index contributed by atoms with van der Waals surface area (Å²) >= 11 is 0. The van der Waals surface area contributed by atoms with E-state index in [-0.39, 0.29) is 5.78 Å². The number of fused-ring (bicyclic) bond motifs is 1. The minimum Gasteiger partial charge on any atom is -0.496 e. The highest BCUT2D eigenvalue weighted by Gasteiger charge is 2.17. The number of ether oxygens (including phenoxy) is 1. The van der Waals surface area contributed by atoms with Crippen molar-refractivity contribution in [3.8, 4) is 28.3 Å². The van der Waals surface area contributed by atoms with Gasteiger partial charge in [-0.05, 0) is 43.2 Å². The average Bonchev–Trinajstić information content (AvgIpc) is 3.44. The molecule has 174 valence electrons. The second-order valence-corrected chi connectivity index (χ2v) is 8.37. The number of aromatic nitrogens is 4. The molecule has 0 bridgehead atoms. The molecule has 6 nitrogen and oxygen atoms in total. The molecule has 0 aliphatic carbocycles. The highest BCUT2D eigenvalue weighted by atomic mass is 16.5. The van der Waals surface area contributed by atoms with Crippen LogP contribution in [0.25, 0.3) is 33.5 Å². The van der Waals surface area contributed by atoms with Crippen molar-refractivity contribution >= 4 is 16.8 Å². The lowest BCUT2D eigenvalue weighted by Gasteiger charge is -2.13. The van der Waals surface area contributed by atoms with Crippen LogP contribution in [-0.2, 0) is 6.54 Å². The molecule has 35 heavy (non-hydrogen) atoms. The Kier molecular flexibility index (Phi) is 6.61. The van der Waals surface area contributed by atoms with Crippen LogP contribution in [0.5, 0.6) is 5.75 Å². The van der Waals surface area contributed by atoms with Gasteiger partial charge < -0.3 is 9.30 Å². The van der Waals surface area contributed by atoms with Gasteiger partial charge in [-0.1, -0.05) is 42.5 Å². The number of Topliss-reactive ketones (excluding diaryl/α,β-unsaturated/α-hetero) is 1. The third-order valence-electron chi connectivity index (χ3n) is 6.02. The monoisotopic (exact) mass is 462 g/mol. The molecule has 0 fully saturated rings. The van der Waals surface area contributed by atoms with E-state index in [0.717, 1.165) is 53.2 Å². The summed E-state index contributed by atoms with van der Waals surface area (Å²) < 4.78 is 7.63. The summed E-state index contributed by atoms with van der Waals surface area (Å²) in [5, 5.41) is 0. The van der Waals surface area contributed by atoms with Gasteiger partial charge in [-0.15, -0.1) is 0 Å². The van der Waals surface area contributed by atoms with Gasteiger partial charge in [-0.2, -0.15) is 0 Å². The van der Waals surface area contributed by atoms with Crippen molar-refractivity contribution in [3.05, 3.63) is 97.1 Å². The van der Waals surface area contributed by atoms with E-state index >= 15 is 0 Å². The number of rotatable bonds is 9. The van der Waals surface area contributed by atoms with Gasteiger partial charge in [-0.3, -0.25) is 4.79 Å². The highest BCUT2D eigenvalue weighted by Crippen LogP contribution is 2.36. The smallest absolute Gasteiger partial charge is 0.162 e. The molecule has 0 amide bonds. The number of carbonyl (C=O) groups is 1. The van der Waals surface area contributed by atoms with Gasteiger partial charge in [-0.25, -0.2) is 15.0 Å². The van der Waals surface area contributed by atoms with Crippen molar-refractivity contribution in [3.63, 3.8) is 0 Å². The highest BCUT2D eigenvalue weighted by molar-refractivity contribution is 5.99. The maximum atomic E-state index is 12.9. The molecule has 0 saturated heterocycles. The van der Waals surface area contributed by atoms with Crippen LogP contribution in [0.3, 0.4) is 0 Å². The third-order valence-corrected chi connectivity index (χ3v) is 6.02. The van der Waals surface area contributed by atoms with Gasteiger partial charge in [0.1, 0.15) is 11.4 Å². The van der Waals surface area contributed by atoms with E-state index in [4.69, 9.17) is 14.7 Å². The van der Waals surface area contributed by atoms with Crippen LogP contribution in [0.2, 0.25) is 0 Å². The first kappa shape index (κ1) is 22.5. The molecule has 0 saturated carbocycles. The van der Waals surface area contributed by atoms with Gasteiger partial charge in [0.05, 0.1) is 30.2 Å². The number of aryl methyl sites for hydroxylation is 1. The number of unbranched alkanes of at least 4 members (excludes halogenated alkanes) is 1. The number of para-hydroxylation sites is 1. The lowest BCUT2D eigenvalue weighted by Crippen LogP contribution is -2.02. The average molecular weight is 463 g/mol. The molecule has 0 N–H and O–H groups in total. The molecular weight excluding hydrogens is 436 g/mol. The SMILES string of the molecule is COc1ccccc1-c1nc2ccc(C(=O)CCCCn3ccnc3)cc2nc1-c1ccccc1. The Morgan fingerprint density at radius 1 is 0.886 bits per heavy atom. The molecular formula is C29H26N4O2. The topological polar surface area (TPSA) is 69.9 Å². The minimum absolute atomic E-state index is 0.120. The van der Waals surface area contributed by atoms with Crippen LogP contribution in [0.15, 0.2) is 91.5 Å². The summed E-state index contributed by atoms with van der Waals surface area (Å²) in [4.78, 5) is 26.9. The Bertz CT molecular complexity index is 1450. The van der Waals surface area contributed by atoms with Crippen LogP contribution in [-0.4, -0.2) is 32.4 Å². The van der Waals surface area contributed by atoms with Crippen molar-refractivity contribution in [1.29, 1.82) is 0 Å². The molecule has 0 unspecified atom stereocenters. The van der Waals surface area contributed by atoms with Gasteiger partial charge in [0, 0.05) is 42.0 Å². The molecule has 2 aromatic heterocycles. The van der Waals surface area contributed by atoms with Crippen LogP contribution < -0.4 is 4.74 Å². The van der Waals surface area contributed by atoms with Gasteiger partial charge in [0.15, 0.2) is 5.78 Å². The molecule has 5 rings (SSSR count). The summed E-state index contributed by atoms with van der Waals surface area (Å²) in [5.41, 5.74) is 5.44. The van der Waals surface area contributed by atoms with E-state index < -0.39 is 0 Å². The molecule has 0 aliphatic heterocycles. The van der Waals surface area contributed by atoms with Crippen LogP contribution in [0.4, 0.5) is 0 Å². The standard InChI is InChI=1S/C29H26N4O2/c1-35-27-13-6-5-11-23(27)29-28(21-9-3-2-4-10-21)32-25-19-22(14-15-24(25)31-29)26(34)12-7-8-17-33-18-16-30-20-33/h2-6,9-11,13-16,18-20H,7-8,12,17H2,1H3. The quantitative estimate of drug-likeness (QED) is 0.192. The predicted octanol–water partition coefficient (Wildman–Crippen LogP) is 6.22. The fourth-order valence-electron chi connectivity index (χ4n) is 4.20. The second-order valence-electron chi connectivity index (χ2n) is 8.37. The maximum Gasteiger partial charge on any atom is 0.162 e. The van der Waals surface area contributed by atoms with Gasteiger partial charge in [0.25, 0.3) is 0 Å². The fraction of sp³-hybridized carbons (Fsp3) is 0.172. The largest absolute Gasteiger partial charge is 0.496 e. The van der Waals surface area contributed by atoms with Crippen molar-refractivity contribution in [2.45, 2.75) is 25.8 Å². The summed E-state index contributed by atoms with van der Waals surface area (Å²) in [6, 6.07) is 23.4. The van der Waals surface area contributed by atoms with Crippen molar-refractivity contribution in [1.82, 2.24) is 19.5 Å². The molecule has 0 aliphatic rings. The molecule has 6 heteroatoms. The van der Waals surface area contributed by atoms with E-state index in [9.17, 15) is 4.79 Å². The molecule has 5 aromatic rings. The van der Waals surface area contributed by atoms with E-state index in [1.54, 1.807) is 19.6 Å². The first-order chi connectivity index (χ1) is 17.2. The molecule has 2 heterocycles. The van der Waals surface area contributed by atoms with E-state index in [0.29, 0.717) is 17.5 Å².